The van der Waals surface area contributed by atoms with Gasteiger partial charge in [0.05, 0.1) is 38.2 Å². The molecule has 1 N–H and O–H groups in total. The lowest BCUT2D eigenvalue weighted by atomic mass is 9.89. The third kappa shape index (κ3) is 9.94. The summed E-state index contributed by atoms with van der Waals surface area (Å²) >= 11 is 0. The number of nitrogens with zero attached hydrogens (tertiary/aromatic N) is 2. The molecule has 0 saturated carbocycles. The van der Waals surface area contributed by atoms with E-state index in [1.807, 2.05) is 48.5 Å². The summed E-state index contributed by atoms with van der Waals surface area (Å²) in [5, 5.41) is 0. The first-order valence-corrected chi connectivity index (χ1v) is 19.1. The molecule has 0 aliphatic carbocycles. The number of anilines is 2. The van der Waals surface area contributed by atoms with Crippen LogP contribution in [0, 0.1) is 0 Å². The number of rotatable bonds is 6. The van der Waals surface area contributed by atoms with E-state index in [1.165, 1.54) is 24.8 Å². The second-order valence-electron chi connectivity index (χ2n) is 14.8. The van der Waals surface area contributed by atoms with Crippen molar-refractivity contribution in [3.8, 4) is 0 Å². The van der Waals surface area contributed by atoms with Gasteiger partial charge >= 0.3 is 12.4 Å². The lowest BCUT2D eigenvalue weighted by molar-refractivity contribution is -0.138. The maximum absolute atomic E-state index is 14.1. The maximum Gasteiger partial charge on any atom is 0.418 e. The number of halogens is 6. The van der Waals surface area contributed by atoms with E-state index in [0.717, 1.165) is 28.2 Å². The first-order chi connectivity index (χ1) is 26.1. The molecule has 0 unspecified atom stereocenters. The molecule has 6 rings (SSSR count). The standard InChI is InChI=1S/C23H27F3N2O2S.C19H16F3NO2/c1-15(29)28-11-10-20(27-31(30)22(2,3)4)18-13-17(12-16-8-6-5-7-9-16)14-19(21(18)28)23(24,25)26;1-12(24)23-8-7-17(25)15-10-14(9-13-5-3-2-4-6-13)11-16(18(15)23)19(20,21)22/h5-9,13-14,20,27H,10-12H2,1-4H3;2-6,10-11H,7-9H2,1H3/t20-,31-;/m1./s1. The minimum atomic E-state index is -4.65. The second kappa shape index (κ2) is 16.7. The molecule has 56 heavy (non-hydrogen) atoms. The summed E-state index contributed by atoms with van der Waals surface area (Å²) in [6.45, 7) is 7.98. The van der Waals surface area contributed by atoms with Crippen LogP contribution in [0.3, 0.4) is 0 Å². The maximum atomic E-state index is 14.1. The average molecular weight is 800 g/mol. The highest BCUT2D eigenvalue weighted by Crippen LogP contribution is 2.46. The van der Waals surface area contributed by atoms with Crippen molar-refractivity contribution in [3.05, 3.63) is 129 Å². The molecule has 2 atom stereocenters. The number of carbonyl (C=O) groups excluding carboxylic acids is 3. The highest BCUT2D eigenvalue weighted by atomic mass is 32.2. The van der Waals surface area contributed by atoms with Gasteiger partial charge in [0.1, 0.15) is 0 Å². The molecule has 0 aromatic heterocycles. The monoisotopic (exact) mass is 799 g/mol. The predicted octanol–water partition coefficient (Wildman–Crippen LogP) is 9.38. The number of fused-ring (bicyclic) bond motifs is 2. The number of ketones is 1. The summed E-state index contributed by atoms with van der Waals surface area (Å²) in [6.07, 6.45) is -8.27. The number of Topliss-reactive ketones (excluding diaryl/α,β-unsaturated/α-hetero) is 1. The van der Waals surface area contributed by atoms with E-state index in [-0.39, 0.29) is 48.7 Å². The minimum absolute atomic E-state index is 0.0255. The van der Waals surface area contributed by atoms with Crippen LogP contribution in [0.1, 0.15) is 103 Å². The normalized spacial score (nSPS) is 16.3. The molecule has 4 aromatic rings. The van der Waals surface area contributed by atoms with Crippen molar-refractivity contribution in [2.75, 3.05) is 22.9 Å². The first-order valence-electron chi connectivity index (χ1n) is 18.0. The molecular formula is C42H43F6N3O4S. The van der Waals surface area contributed by atoms with Gasteiger partial charge in [-0.1, -0.05) is 66.7 Å². The van der Waals surface area contributed by atoms with E-state index in [1.54, 1.807) is 39.0 Å². The van der Waals surface area contributed by atoms with E-state index >= 15 is 0 Å². The average Bonchev–Trinajstić information content (AvgIpc) is 3.11. The van der Waals surface area contributed by atoms with Crippen LogP contribution in [0.2, 0.25) is 0 Å². The van der Waals surface area contributed by atoms with Gasteiger partial charge in [-0.25, -0.2) is 8.93 Å². The Labute approximate surface area is 324 Å². The van der Waals surface area contributed by atoms with Crippen LogP contribution >= 0.6 is 0 Å². The Morgan fingerprint density at radius 3 is 1.62 bits per heavy atom. The van der Waals surface area contributed by atoms with Gasteiger partial charge in [-0.2, -0.15) is 26.3 Å². The highest BCUT2D eigenvalue weighted by molar-refractivity contribution is 7.84. The van der Waals surface area contributed by atoms with Crippen LogP contribution < -0.4 is 14.5 Å². The van der Waals surface area contributed by atoms with Gasteiger partial charge in [0.25, 0.3) is 0 Å². The van der Waals surface area contributed by atoms with E-state index in [2.05, 4.69) is 4.72 Å². The Balaban J connectivity index is 0.000000219. The van der Waals surface area contributed by atoms with Gasteiger partial charge in [-0.3, -0.25) is 14.4 Å². The first kappa shape index (κ1) is 42.3. The number of hydrogen-bond donors (Lipinski definition) is 1. The van der Waals surface area contributed by atoms with E-state index in [9.17, 15) is 44.9 Å². The van der Waals surface area contributed by atoms with Gasteiger partial charge in [0, 0.05) is 45.0 Å². The zero-order valence-electron chi connectivity index (χ0n) is 31.6. The van der Waals surface area contributed by atoms with Crippen molar-refractivity contribution in [1.82, 2.24) is 4.72 Å². The smallest absolute Gasteiger partial charge is 0.312 e. The third-order valence-corrected chi connectivity index (χ3v) is 11.1. The minimum Gasteiger partial charge on any atom is -0.312 e. The van der Waals surface area contributed by atoms with Crippen LogP contribution in [-0.4, -0.2) is 39.6 Å². The molecule has 0 saturated heterocycles. The van der Waals surface area contributed by atoms with Gasteiger partial charge in [-0.05, 0) is 86.1 Å². The zero-order valence-corrected chi connectivity index (χ0v) is 32.4. The fourth-order valence-corrected chi connectivity index (χ4v) is 7.68. The molecule has 4 aromatic carbocycles. The SMILES string of the molecule is CC(=O)N1CCC(=O)c2cc(Cc3ccccc3)cc(C(F)(F)F)c21.CC(=O)N1CC[C@@H](N[S@](=O)C(C)(C)C)c2cc(Cc3ccccc3)cc(C(F)(F)F)c21. The summed E-state index contributed by atoms with van der Waals surface area (Å²) in [4.78, 5) is 38.4. The largest absolute Gasteiger partial charge is 0.418 e. The molecule has 14 heteroatoms. The van der Waals surface area contributed by atoms with E-state index in [0.29, 0.717) is 29.5 Å². The van der Waals surface area contributed by atoms with Crippen LogP contribution in [0.25, 0.3) is 0 Å². The van der Waals surface area contributed by atoms with Crippen molar-refractivity contribution in [1.29, 1.82) is 0 Å². The summed E-state index contributed by atoms with van der Waals surface area (Å²) in [6, 6.07) is 23.1. The third-order valence-electron chi connectivity index (χ3n) is 9.47. The van der Waals surface area contributed by atoms with Gasteiger partial charge < -0.3 is 9.80 Å². The molecule has 7 nitrogen and oxygen atoms in total. The highest BCUT2D eigenvalue weighted by Gasteiger charge is 2.42. The molecule has 0 spiro atoms. The van der Waals surface area contributed by atoms with E-state index < -0.39 is 57.1 Å². The molecule has 0 radical (unpaired) electrons. The molecule has 2 aliphatic heterocycles. The molecule has 298 valence electrons. The Morgan fingerprint density at radius 2 is 1.16 bits per heavy atom. The number of hydrogen-bond acceptors (Lipinski definition) is 4. The molecule has 2 amide bonds. The van der Waals surface area contributed by atoms with Crippen molar-refractivity contribution >= 4 is 40.0 Å². The predicted molar refractivity (Wildman–Crippen MR) is 205 cm³/mol. The van der Waals surface area contributed by atoms with Crippen molar-refractivity contribution in [2.24, 2.45) is 0 Å². The van der Waals surface area contributed by atoms with Crippen molar-refractivity contribution in [3.63, 3.8) is 0 Å². The molecule has 2 heterocycles. The van der Waals surface area contributed by atoms with Crippen LogP contribution in [0.4, 0.5) is 37.7 Å². The van der Waals surface area contributed by atoms with E-state index in [4.69, 9.17) is 0 Å². The number of carbonyl (C=O) groups is 3. The summed E-state index contributed by atoms with van der Waals surface area (Å²) in [5.74, 6) is -1.32. The summed E-state index contributed by atoms with van der Waals surface area (Å²) < 4.78 is 98.3. The number of alkyl halides is 6. The topological polar surface area (TPSA) is 86.8 Å². The summed E-state index contributed by atoms with van der Waals surface area (Å²) in [5.41, 5.74) is 0.756. The lowest BCUT2D eigenvalue weighted by Gasteiger charge is -2.37. The van der Waals surface area contributed by atoms with Crippen LogP contribution in [-0.2, 0) is 45.8 Å². The number of benzene rings is 4. The van der Waals surface area contributed by atoms with Crippen molar-refractivity contribution in [2.45, 2.75) is 83.4 Å². The quantitative estimate of drug-likeness (QED) is 0.197. The van der Waals surface area contributed by atoms with Gasteiger partial charge in [0.2, 0.25) is 11.8 Å². The second-order valence-corrected chi connectivity index (χ2v) is 16.8. The van der Waals surface area contributed by atoms with Gasteiger partial charge in [-0.15, -0.1) is 0 Å². The van der Waals surface area contributed by atoms with Crippen LogP contribution in [0.5, 0.6) is 0 Å². The number of amides is 2. The summed E-state index contributed by atoms with van der Waals surface area (Å²) in [7, 11) is -1.47. The Bertz CT molecular complexity index is 2120. The van der Waals surface area contributed by atoms with Crippen molar-refractivity contribution < 1.29 is 44.9 Å². The molecule has 0 fully saturated rings. The Hall–Kier alpha value is -4.82. The van der Waals surface area contributed by atoms with Gasteiger partial charge in [0.15, 0.2) is 5.78 Å². The fourth-order valence-electron chi connectivity index (χ4n) is 6.83. The fraction of sp³-hybridized carbons (Fsp3) is 0.357. The zero-order chi connectivity index (χ0) is 41.2. The lowest BCUT2D eigenvalue weighted by Crippen LogP contribution is -2.43. The molecular weight excluding hydrogens is 757 g/mol. The molecule has 0 bridgehead atoms. The Kier molecular flexibility index (Phi) is 12.6. The Morgan fingerprint density at radius 1 is 0.696 bits per heavy atom. The number of nitrogens with one attached hydrogen (secondary N) is 1. The van der Waals surface area contributed by atoms with Crippen LogP contribution in [0.15, 0.2) is 84.9 Å². The molecule has 2 aliphatic rings.